The molecule has 1 aliphatic heterocycles. The Bertz CT molecular complexity index is 760. The van der Waals surface area contributed by atoms with Gasteiger partial charge in [0.15, 0.2) is 0 Å². The molecule has 0 spiro atoms. The van der Waals surface area contributed by atoms with Gasteiger partial charge in [0.1, 0.15) is 5.82 Å². The Labute approximate surface area is 134 Å². The smallest absolute Gasteiger partial charge is 0.316 e. The summed E-state index contributed by atoms with van der Waals surface area (Å²) >= 11 is 0. The molecule has 1 saturated heterocycles. The Balaban J connectivity index is 1.75. The molecule has 4 nitrogen and oxygen atoms in total. The molecule has 0 N–H and O–H groups in total. The van der Waals surface area contributed by atoms with Crippen LogP contribution in [0.25, 0.3) is 0 Å². The molecule has 0 aliphatic carbocycles. The molecule has 23 heavy (non-hydrogen) atoms. The van der Waals surface area contributed by atoms with Gasteiger partial charge in [0.2, 0.25) is 0 Å². The van der Waals surface area contributed by atoms with Gasteiger partial charge in [-0.3, -0.25) is 9.59 Å². The van der Waals surface area contributed by atoms with E-state index in [0.29, 0.717) is 25.3 Å². The second-order valence-electron chi connectivity index (χ2n) is 5.65. The van der Waals surface area contributed by atoms with Crippen molar-refractivity contribution in [3.63, 3.8) is 0 Å². The topological polar surface area (TPSA) is 40.6 Å². The molecule has 0 aromatic heterocycles. The maximum atomic E-state index is 13.3. The SMILES string of the molecule is Cc1cccc(CN2CCN(c3cccc(F)c3)C(=O)C2=O)c1. The normalized spacial score (nSPS) is 15.2. The van der Waals surface area contributed by atoms with Gasteiger partial charge in [-0.05, 0) is 30.7 Å². The number of carbonyl (C=O) groups excluding carboxylic acids is 2. The summed E-state index contributed by atoms with van der Waals surface area (Å²) < 4.78 is 13.3. The van der Waals surface area contributed by atoms with Crippen LogP contribution in [0.15, 0.2) is 48.5 Å². The first kappa shape index (κ1) is 15.2. The molecule has 0 radical (unpaired) electrons. The summed E-state index contributed by atoms with van der Waals surface area (Å²) in [6.07, 6.45) is 0. The number of benzene rings is 2. The molecule has 0 bridgehead atoms. The van der Waals surface area contributed by atoms with Crippen LogP contribution < -0.4 is 4.90 Å². The third-order valence-corrected chi connectivity index (χ3v) is 3.88. The number of hydrogen-bond donors (Lipinski definition) is 0. The molecule has 0 saturated carbocycles. The Morgan fingerprint density at radius 1 is 1.00 bits per heavy atom. The highest BCUT2D eigenvalue weighted by Gasteiger charge is 2.33. The van der Waals surface area contributed by atoms with Gasteiger partial charge in [-0.15, -0.1) is 0 Å². The van der Waals surface area contributed by atoms with Crippen LogP contribution in [-0.2, 0) is 16.1 Å². The fourth-order valence-corrected chi connectivity index (χ4v) is 2.75. The standard InChI is InChI=1S/C18H17FN2O2/c1-13-4-2-5-14(10-13)12-20-8-9-21(18(23)17(20)22)16-7-3-6-15(19)11-16/h2-7,10-11H,8-9,12H2,1H3. The van der Waals surface area contributed by atoms with Crippen LogP contribution >= 0.6 is 0 Å². The molecule has 118 valence electrons. The Kier molecular flexibility index (Phi) is 4.10. The van der Waals surface area contributed by atoms with Crippen molar-refractivity contribution in [3.8, 4) is 0 Å². The van der Waals surface area contributed by atoms with Crippen molar-refractivity contribution in [2.45, 2.75) is 13.5 Å². The monoisotopic (exact) mass is 312 g/mol. The summed E-state index contributed by atoms with van der Waals surface area (Å²) in [5.74, 6) is -1.60. The zero-order valence-corrected chi connectivity index (χ0v) is 12.8. The zero-order chi connectivity index (χ0) is 16.4. The van der Waals surface area contributed by atoms with E-state index in [2.05, 4.69) is 0 Å². The molecule has 2 aromatic carbocycles. The summed E-state index contributed by atoms with van der Waals surface area (Å²) in [5, 5.41) is 0. The van der Waals surface area contributed by atoms with Crippen LogP contribution in [0.2, 0.25) is 0 Å². The van der Waals surface area contributed by atoms with Crippen LogP contribution in [-0.4, -0.2) is 29.8 Å². The van der Waals surface area contributed by atoms with Crippen molar-refractivity contribution >= 4 is 17.5 Å². The molecule has 1 heterocycles. The lowest BCUT2D eigenvalue weighted by atomic mass is 10.1. The van der Waals surface area contributed by atoms with E-state index in [1.807, 2.05) is 31.2 Å². The Morgan fingerprint density at radius 3 is 2.52 bits per heavy atom. The van der Waals surface area contributed by atoms with E-state index < -0.39 is 17.6 Å². The van der Waals surface area contributed by atoms with E-state index in [4.69, 9.17) is 0 Å². The largest absolute Gasteiger partial charge is 0.328 e. The molecule has 5 heteroatoms. The number of rotatable bonds is 3. The van der Waals surface area contributed by atoms with E-state index in [1.165, 1.54) is 28.0 Å². The van der Waals surface area contributed by atoms with E-state index in [9.17, 15) is 14.0 Å². The Hall–Kier alpha value is -2.69. The van der Waals surface area contributed by atoms with E-state index >= 15 is 0 Å². The number of amides is 2. The number of anilines is 1. The highest BCUT2D eigenvalue weighted by molar-refractivity contribution is 6.40. The highest BCUT2D eigenvalue weighted by atomic mass is 19.1. The van der Waals surface area contributed by atoms with Crippen molar-refractivity contribution in [2.75, 3.05) is 18.0 Å². The minimum Gasteiger partial charge on any atom is -0.328 e. The van der Waals surface area contributed by atoms with E-state index in [-0.39, 0.29) is 0 Å². The lowest BCUT2D eigenvalue weighted by Gasteiger charge is -2.33. The van der Waals surface area contributed by atoms with Crippen LogP contribution in [0.3, 0.4) is 0 Å². The highest BCUT2D eigenvalue weighted by Crippen LogP contribution is 2.20. The maximum absolute atomic E-state index is 13.3. The van der Waals surface area contributed by atoms with E-state index in [0.717, 1.165) is 11.1 Å². The van der Waals surface area contributed by atoms with E-state index in [1.54, 1.807) is 6.07 Å². The number of halogens is 1. The third-order valence-electron chi connectivity index (χ3n) is 3.88. The lowest BCUT2D eigenvalue weighted by Crippen LogP contribution is -2.54. The van der Waals surface area contributed by atoms with Crippen molar-refractivity contribution in [1.29, 1.82) is 0 Å². The summed E-state index contributed by atoms with van der Waals surface area (Å²) in [5.41, 5.74) is 2.52. The second-order valence-corrected chi connectivity index (χ2v) is 5.65. The van der Waals surface area contributed by atoms with Crippen LogP contribution in [0, 0.1) is 12.7 Å². The second kappa shape index (κ2) is 6.20. The average molecular weight is 312 g/mol. The molecule has 0 atom stereocenters. The molecular weight excluding hydrogens is 295 g/mol. The van der Waals surface area contributed by atoms with Gasteiger partial charge in [-0.25, -0.2) is 4.39 Å². The summed E-state index contributed by atoms with van der Waals surface area (Å²) in [4.78, 5) is 27.5. The molecular formula is C18H17FN2O2. The fourth-order valence-electron chi connectivity index (χ4n) is 2.75. The van der Waals surface area contributed by atoms with Crippen molar-refractivity contribution in [1.82, 2.24) is 4.90 Å². The summed E-state index contributed by atoms with van der Waals surface area (Å²) in [7, 11) is 0. The predicted octanol–water partition coefficient (Wildman–Crippen LogP) is 2.51. The molecule has 2 aromatic rings. The van der Waals surface area contributed by atoms with Crippen LogP contribution in [0.5, 0.6) is 0 Å². The average Bonchev–Trinajstić information content (AvgIpc) is 2.52. The van der Waals surface area contributed by atoms with Crippen molar-refractivity contribution in [3.05, 3.63) is 65.5 Å². The number of hydrogen-bond acceptors (Lipinski definition) is 2. The first-order chi connectivity index (χ1) is 11.0. The number of nitrogens with zero attached hydrogens (tertiary/aromatic N) is 2. The Morgan fingerprint density at radius 2 is 1.78 bits per heavy atom. The number of aryl methyl sites for hydroxylation is 1. The van der Waals surface area contributed by atoms with Crippen LogP contribution in [0.4, 0.5) is 10.1 Å². The van der Waals surface area contributed by atoms with Crippen molar-refractivity contribution in [2.24, 2.45) is 0 Å². The lowest BCUT2D eigenvalue weighted by molar-refractivity contribution is -0.146. The first-order valence-electron chi connectivity index (χ1n) is 7.46. The van der Waals surface area contributed by atoms with Crippen LogP contribution in [0.1, 0.15) is 11.1 Å². The fraction of sp³-hybridized carbons (Fsp3) is 0.222. The third kappa shape index (κ3) is 3.23. The molecule has 1 aliphatic rings. The van der Waals surface area contributed by atoms with Gasteiger partial charge in [0, 0.05) is 25.3 Å². The summed E-state index contributed by atoms with van der Waals surface area (Å²) in [6.45, 7) is 3.18. The maximum Gasteiger partial charge on any atom is 0.316 e. The van der Waals surface area contributed by atoms with Gasteiger partial charge in [-0.1, -0.05) is 35.9 Å². The zero-order valence-electron chi connectivity index (χ0n) is 12.8. The molecule has 3 rings (SSSR count). The van der Waals surface area contributed by atoms with Gasteiger partial charge >= 0.3 is 11.8 Å². The number of piperazine rings is 1. The van der Waals surface area contributed by atoms with Gasteiger partial charge in [0.25, 0.3) is 0 Å². The minimum atomic E-state index is -0.616. The van der Waals surface area contributed by atoms with Gasteiger partial charge in [-0.2, -0.15) is 0 Å². The molecule has 0 unspecified atom stereocenters. The van der Waals surface area contributed by atoms with Gasteiger partial charge in [0.05, 0.1) is 0 Å². The predicted molar refractivity (Wildman–Crippen MR) is 85.3 cm³/mol. The van der Waals surface area contributed by atoms with Gasteiger partial charge < -0.3 is 9.80 Å². The number of carbonyl (C=O) groups is 2. The van der Waals surface area contributed by atoms with Crippen molar-refractivity contribution < 1.29 is 14.0 Å². The first-order valence-corrected chi connectivity index (χ1v) is 7.46. The minimum absolute atomic E-state index is 0.361. The molecule has 2 amide bonds. The quantitative estimate of drug-likeness (QED) is 0.817. The molecule has 1 fully saturated rings. The summed E-state index contributed by atoms with van der Waals surface area (Å²) in [6, 6.07) is 13.6.